The highest BCUT2D eigenvalue weighted by Crippen LogP contribution is 2.35. The second-order valence-corrected chi connectivity index (χ2v) is 8.52. The molecule has 0 unspecified atom stereocenters. The van der Waals surface area contributed by atoms with E-state index in [4.69, 9.17) is 21.7 Å². The maximum Gasteiger partial charge on any atom is 0.266 e. The fourth-order valence-corrected chi connectivity index (χ4v) is 4.58. The van der Waals surface area contributed by atoms with E-state index in [1.54, 1.807) is 11.0 Å². The van der Waals surface area contributed by atoms with Crippen LogP contribution in [0.2, 0.25) is 0 Å². The lowest BCUT2D eigenvalue weighted by molar-refractivity contribution is -0.132. The third-order valence-corrected chi connectivity index (χ3v) is 6.07. The number of hydrogen-bond acceptors (Lipinski definition) is 6. The minimum Gasteiger partial charge on any atom is -0.490 e. The van der Waals surface area contributed by atoms with Crippen LogP contribution in [0, 0.1) is 0 Å². The quantitative estimate of drug-likeness (QED) is 0.459. The van der Waals surface area contributed by atoms with E-state index in [2.05, 4.69) is 0 Å². The predicted molar refractivity (Wildman–Crippen MR) is 119 cm³/mol. The van der Waals surface area contributed by atoms with Gasteiger partial charge in [0.05, 0.1) is 11.5 Å². The topological polar surface area (TPSA) is 59.1 Å². The number of nitrogens with zero attached hydrogens (tertiary/aromatic N) is 2. The van der Waals surface area contributed by atoms with Crippen molar-refractivity contribution in [1.29, 1.82) is 0 Å². The Kier molecular flexibility index (Phi) is 7.55. The van der Waals surface area contributed by atoms with Crippen LogP contribution in [0.4, 0.5) is 0 Å². The molecular weight excluding hydrogens is 408 g/mol. The maximum absolute atomic E-state index is 12.5. The van der Waals surface area contributed by atoms with Crippen LogP contribution in [0.5, 0.6) is 11.5 Å². The molecule has 0 saturated carbocycles. The molecule has 2 saturated heterocycles. The summed E-state index contributed by atoms with van der Waals surface area (Å²) in [7, 11) is 0. The van der Waals surface area contributed by atoms with Gasteiger partial charge in [0.15, 0.2) is 18.1 Å². The average Bonchev–Trinajstić information content (AvgIpc) is 3.33. The first-order valence-electron chi connectivity index (χ1n) is 9.96. The highest BCUT2D eigenvalue weighted by Gasteiger charge is 2.31. The summed E-state index contributed by atoms with van der Waals surface area (Å²) in [6.45, 7) is 6.61. The Hall–Kier alpha value is -2.06. The van der Waals surface area contributed by atoms with Crippen LogP contribution < -0.4 is 9.47 Å². The van der Waals surface area contributed by atoms with Crippen molar-refractivity contribution >= 4 is 46.2 Å². The summed E-state index contributed by atoms with van der Waals surface area (Å²) in [5, 5.41) is 0. The first-order chi connectivity index (χ1) is 14.0. The lowest BCUT2D eigenvalue weighted by Crippen LogP contribution is -2.32. The number of thioether (sulfide) groups is 1. The summed E-state index contributed by atoms with van der Waals surface area (Å²) in [5.74, 6) is 1.01. The van der Waals surface area contributed by atoms with Gasteiger partial charge in [0.1, 0.15) is 4.32 Å². The van der Waals surface area contributed by atoms with Gasteiger partial charge in [0, 0.05) is 19.6 Å². The van der Waals surface area contributed by atoms with Crippen LogP contribution in [-0.2, 0) is 9.59 Å². The van der Waals surface area contributed by atoms with Gasteiger partial charge in [-0.1, -0.05) is 37.0 Å². The summed E-state index contributed by atoms with van der Waals surface area (Å²) in [6, 6.07) is 5.46. The molecule has 0 atom stereocenters. The van der Waals surface area contributed by atoms with Crippen LogP contribution in [-0.4, -0.2) is 58.8 Å². The van der Waals surface area contributed by atoms with Gasteiger partial charge in [-0.3, -0.25) is 14.5 Å². The standard InChI is InChI=1S/C21H26N2O4S2/c1-3-9-23-20(25)18(29-21(23)28)13-15-7-8-16(17(12-15)26-4-2)27-14-19(24)22-10-5-6-11-22/h7-8,12-13H,3-6,9-11,14H2,1-2H3/b18-13+. The number of thiocarbonyl (C=S) groups is 1. The molecule has 2 fully saturated rings. The summed E-state index contributed by atoms with van der Waals surface area (Å²) < 4.78 is 12.0. The molecule has 0 bridgehead atoms. The first kappa shape index (κ1) is 21.6. The lowest BCUT2D eigenvalue weighted by atomic mass is 10.2. The minimum absolute atomic E-state index is 0.00486. The number of rotatable bonds is 8. The van der Waals surface area contributed by atoms with Crippen LogP contribution in [0.1, 0.15) is 38.7 Å². The third kappa shape index (κ3) is 5.30. The second-order valence-electron chi connectivity index (χ2n) is 6.85. The number of carbonyl (C=O) groups is 2. The van der Waals surface area contributed by atoms with E-state index in [0.717, 1.165) is 37.9 Å². The Bertz CT molecular complexity index is 819. The van der Waals surface area contributed by atoms with Crippen molar-refractivity contribution in [2.24, 2.45) is 0 Å². The molecule has 6 nitrogen and oxygen atoms in total. The van der Waals surface area contributed by atoms with Crippen LogP contribution in [0.25, 0.3) is 6.08 Å². The van der Waals surface area contributed by atoms with Crippen molar-refractivity contribution in [2.45, 2.75) is 33.1 Å². The zero-order valence-electron chi connectivity index (χ0n) is 16.8. The van der Waals surface area contributed by atoms with E-state index in [0.29, 0.717) is 33.9 Å². The summed E-state index contributed by atoms with van der Waals surface area (Å²) in [4.78, 5) is 28.8. The van der Waals surface area contributed by atoms with Gasteiger partial charge in [-0.2, -0.15) is 0 Å². The highest BCUT2D eigenvalue weighted by atomic mass is 32.2. The van der Waals surface area contributed by atoms with E-state index in [-0.39, 0.29) is 18.4 Å². The van der Waals surface area contributed by atoms with Gasteiger partial charge in [0.2, 0.25) is 0 Å². The molecule has 2 amide bonds. The second kappa shape index (κ2) is 10.1. The molecule has 2 aliphatic rings. The van der Waals surface area contributed by atoms with Gasteiger partial charge < -0.3 is 14.4 Å². The van der Waals surface area contributed by atoms with E-state index in [9.17, 15) is 9.59 Å². The number of amides is 2. The van der Waals surface area contributed by atoms with E-state index in [1.165, 1.54) is 11.8 Å². The Balaban J connectivity index is 1.73. The molecule has 1 aromatic carbocycles. The number of carbonyl (C=O) groups excluding carboxylic acids is 2. The van der Waals surface area contributed by atoms with Gasteiger partial charge in [0.25, 0.3) is 11.8 Å². The van der Waals surface area contributed by atoms with E-state index >= 15 is 0 Å². The van der Waals surface area contributed by atoms with Crippen molar-refractivity contribution in [2.75, 3.05) is 32.8 Å². The molecule has 2 heterocycles. The number of benzene rings is 1. The van der Waals surface area contributed by atoms with Crippen molar-refractivity contribution < 1.29 is 19.1 Å². The fourth-order valence-electron chi connectivity index (χ4n) is 3.27. The largest absolute Gasteiger partial charge is 0.490 e. The zero-order chi connectivity index (χ0) is 20.8. The Labute approximate surface area is 181 Å². The smallest absolute Gasteiger partial charge is 0.266 e. The highest BCUT2D eigenvalue weighted by molar-refractivity contribution is 8.26. The monoisotopic (exact) mass is 434 g/mol. The Morgan fingerprint density at radius 3 is 2.66 bits per heavy atom. The predicted octanol–water partition coefficient (Wildman–Crippen LogP) is 3.70. The summed E-state index contributed by atoms with van der Waals surface area (Å²) >= 11 is 6.63. The summed E-state index contributed by atoms with van der Waals surface area (Å²) in [5.41, 5.74) is 0.823. The SMILES string of the molecule is CCCN1C(=O)/C(=C\c2ccc(OCC(=O)N3CCCC3)c(OCC)c2)SC1=S. The number of ether oxygens (including phenoxy) is 2. The van der Waals surface area contributed by atoms with Gasteiger partial charge in [-0.05, 0) is 50.0 Å². The maximum atomic E-state index is 12.5. The number of likely N-dealkylation sites (tertiary alicyclic amines) is 1. The molecule has 0 aromatic heterocycles. The van der Waals surface area contributed by atoms with Gasteiger partial charge in [-0.25, -0.2) is 0 Å². The normalized spacial score (nSPS) is 18.1. The molecule has 156 valence electrons. The molecular formula is C21H26N2O4S2. The first-order valence-corrected chi connectivity index (χ1v) is 11.2. The summed E-state index contributed by atoms with van der Waals surface area (Å²) in [6.07, 6.45) is 4.78. The van der Waals surface area contributed by atoms with E-state index in [1.807, 2.05) is 37.0 Å². The van der Waals surface area contributed by atoms with Crippen LogP contribution >= 0.6 is 24.0 Å². The molecule has 2 aliphatic heterocycles. The molecule has 0 N–H and O–H groups in total. The lowest BCUT2D eigenvalue weighted by Gasteiger charge is -2.17. The van der Waals surface area contributed by atoms with Gasteiger partial charge in [-0.15, -0.1) is 0 Å². The van der Waals surface area contributed by atoms with Crippen LogP contribution in [0.15, 0.2) is 23.1 Å². The van der Waals surface area contributed by atoms with E-state index < -0.39 is 0 Å². The van der Waals surface area contributed by atoms with Crippen LogP contribution in [0.3, 0.4) is 0 Å². The molecule has 0 radical (unpaired) electrons. The molecule has 29 heavy (non-hydrogen) atoms. The Morgan fingerprint density at radius 2 is 1.97 bits per heavy atom. The Morgan fingerprint density at radius 1 is 1.21 bits per heavy atom. The van der Waals surface area contributed by atoms with Crippen molar-refractivity contribution in [3.05, 3.63) is 28.7 Å². The molecule has 0 spiro atoms. The third-order valence-electron chi connectivity index (χ3n) is 4.70. The fraction of sp³-hybridized carbons (Fsp3) is 0.476. The average molecular weight is 435 g/mol. The van der Waals surface area contributed by atoms with Crippen molar-refractivity contribution in [3.63, 3.8) is 0 Å². The molecule has 8 heteroatoms. The zero-order valence-corrected chi connectivity index (χ0v) is 18.4. The molecule has 3 rings (SSSR count). The molecule has 1 aromatic rings. The number of hydrogen-bond donors (Lipinski definition) is 0. The van der Waals surface area contributed by atoms with Gasteiger partial charge >= 0.3 is 0 Å². The minimum atomic E-state index is -0.0589. The van der Waals surface area contributed by atoms with Crippen molar-refractivity contribution in [1.82, 2.24) is 9.80 Å². The molecule has 0 aliphatic carbocycles. The van der Waals surface area contributed by atoms with Crippen molar-refractivity contribution in [3.8, 4) is 11.5 Å².